The summed E-state index contributed by atoms with van der Waals surface area (Å²) in [6, 6.07) is 0. The number of hydrogen-bond acceptors (Lipinski definition) is 8. The number of hydrogen-bond donors (Lipinski definition) is 3. The van der Waals surface area contributed by atoms with Crippen LogP contribution in [0.5, 0.6) is 0 Å². The van der Waals surface area contributed by atoms with Crippen molar-refractivity contribution in [3.05, 3.63) is 32.9 Å². The number of ether oxygens (including phenoxy) is 1. The molecule has 1 aromatic heterocycles. The minimum Gasteiger partial charge on any atom is -0.394 e. The minimum atomic E-state index is -4.05. The Bertz CT molecular complexity index is 772. The molecule has 1 fully saturated rings. The first kappa shape index (κ1) is 16.8. The van der Waals surface area contributed by atoms with Gasteiger partial charge in [0.2, 0.25) is 5.82 Å². The van der Waals surface area contributed by atoms with Crippen LogP contribution in [0.3, 0.4) is 0 Å². The van der Waals surface area contributed by atoms with Crippen molar-refractivity contribution in [3.8, 4) is 0 Å². The van der Waals surface area contributed by atoms with Gasteiger partial charge in [0.15, 0.2) is 12.3 Å². The number of aliphatic hydroxyl groups is 2. The van der Waals surface area contributed by atoms with Crippen molar-refractivity contribution in [3.63, 3.8) is 0 Å². The average Bonchev–Trinajstić information content (AvgIpc) is 2.69. The van der Waals surface area contributed by atoms with E-state index in [1.807, 2.05) is 0 Å². The lowest BCUT2D eigenvalue weighted by atomic mass is 10.1. The van der Waals surface area contributed by atoms with Gasteiger partial charge in [0.05, 0.1) is 19.1 Å². The smallest absolute Gasteiger partial charge is 0.330 e. The first-order valence-corrected chi connectivity index (χ1v) is 7.79. The number of aromatic amines is 1. The fourth-order valence-electron chi connectivity index (χ4n) is 2.05. The number of H-pyrrole nitrogens is 1. The fourth-order valence-corrected chi connectivity index (χ4v) is 2.66. The monoisotopic (exact) mass is 340 g/mol. The van der Waals surface area contributed by atoms with E-state index in [1.54, 1.807) is 4.98 Å². The van der Waals surface area contributed by atoms with Crippen LogP contribution in [-0.4, -0.2) is 59.4 Å². The molecule has 22 heavy (non-hydrogen) atoms. The van der Waals surface area contributed by atoms with Gasteiger partial charge in [-0.25, -0.2) is 4.79 Å². The van der Waals surface area contributed by atoms with Crippen molar-refractivity contribution >= 4 is 10.1 Å². The van der Waals surface area contributed by atoms with E-state index in [0.717, 1.165) is 0 Å². The lowest BCUT2D eigenvalue weighted by molar-refractivity contribution is -0.0522. The number of aliphatic hydroxyl groups excluding tert-OH is 2. The first-order valence-electron chi connectivity index (χ1n) is 5.97. The molecule has 2 heterocycles. The predicted molar refractivity (Wildman–Crippen MR) is 68.0 cm³/mol. The summed E-state index contributed by atoms with van der Waals surface area (Å²) >= 11 is 0. The van der Waals surface area contributed by atoms with Crippen LogP contribution in [0, 0.1) is 5.82 Å². The SMILES string of the molecule is CS(=O)(=O)O[C@H]1[C@H](O)[C@H](CO)O[C@@H]1n1cc(F)c(=O)[nH]c1=O. The molecule has 3 N–H and O–H groups in total. The fraction of sp³-hybridized carbons (Fsp3) is 0.600. The standard InChI is InChI=1S/C10H13FN2O8S/c1-22(18,19)21-7-6(15)5(3-14)20-9(7)13-2-4(11)8(16)12-10(13)17/h2,5-7,9,14-15H,3H2,1H3,(H,12,16,17)/t5-,6+,7-,9-/m0/s1. The van der Waals surface area contributed by atoms with Gasteiger partial charge in [0.1, 0.15) is 12.2 Å². The maximum atomic E-state index is 13.3. The van der Waals surface area contributed by atoms with Crippen molar-refractivity contribution < 1.29 is 31.9 Å². The number of halogens is 1. The van der Waals surface area contributed by atoms with Crippen LogP contribution in [0.25, 0.3) is 0 Å². The van der Waals surface area contributed by atoms with Crippen LogP contribution >= 0.6 is 0 Å². The Morgan fingerprint density at radius 3 is 2.68 bits per heavy atom. The second kappa shape index (κ2) is 5.89. The second-order valence-corrected chi connectivity index (χ2v) is 6.25. The molecule has 1 saturated heterocycles. The van der Waals surface area contributed by atoms with Gasteiger partial charge in [-0.15, -0.1) is 0 Å². The molecule has 0 unspecified atom stereocenters. The molecule has 1 aliphatic rings. The third-order valence-corrected chi connectivity index (χ3v) is 3.55. The summed E-state index contributed by atoms with van der Waals surface area (Å²) in [5.41, 5.74) is -2.36. The average molecular weight is 340 g/mol. The Balaban J connectivity index is 2.49. The highest BCUT2D eigenvalue weighted by molar-refractivity contribution is 7.86. The molecular formula is C10H13FN2O8S. The molecule has 4 atom stereocenters. The Morgan fingerprint density at radius 2 is 2.14 bits per heavy atom. The Labute approximate surface area is 122 Å². The summed E-state index contributed by atoms with van der Waals surface area (Å²) in [5, 5.41) is 19.0. The largest absolute Gasteiger partial charge is 0.394 e. The zero-order chi connectivity index (χ0) is 16.7. The van der Waals surface area contributed by atoms with Crippen molar-refractivity contribution in [1.82, 2.24) is 9.55 Å². The Morgan fingerprint density at radius 1 is 1.50 bits per heavy atom. The van der Waals surface area contributed by atoms with Gasteiger partial charge < -0.3 is 14.9 Å². The highest BCUT2D eigenvalue weighted by Gasteiger charge is 2.47. The third kappa shape index (κ3) is 3.25. The topological polar surface area (TPSA) is 148 Å². The van der Waals surface area contributed by atoms with Gasteiger partial charge in [0, 0.05) is 0 Å². The van der Waals surface area contributed by atoms with E-state index in [9.17, 15) is 27.5 Å². The lowest BCUT2D eigenvalue weighted by Gasteiger charge is -2.20. The predicted octanol–water partition coefficient (Wildman–Crippen LogP) is -2.73. The zero-order valence-electron chi connectivity index (χ0n) is 11.2. The Kier molecular flexibility index (Phi) is 4.49. The summed E-state index contributed by atoms with van der Waals surface area (Å²) < 4.78 is 46.1. The van der Waals surface area contributed by atoms with E-state index in [2.05, 4.69) is 4.18 Å². The molecule has 0 bridgehead atoms. The van der Waals surface area contributed by atoms with Gasteiger partial charge in [-0.3, -0.25) is 18.5 Å². The quantitative estimate of drug-likeness (QED) is 0.500. The highest BCUT2D eigenvalue weighted by atomic mass is 32.2. The number of aromatic nitrogens is 2. The van der Waals surface area contributed by atoms with E-state index in [1.165, 1.54) is 0 Å². The molecule has 0 aromatic carbocycles. The maximum Gasteiger partial charge on any atom is 0.330 e. The van der Waals surface area contributed by atoms with Crippen LogP contribution in [0.2, 0.25) is 0 Å². The van der Waals surface area contributed by atoms with E-state index in [-0.39, 0.29) is 0 Å². The lowest BCUT2D eigenvalue weighted by Crippen LogP contribution is -2.41. The summed E-state index contributed by atoms with van der Waals surface area (Å²) in [7, 11) is -4.05. The molecule has 0 radical (unpaired) electrons. The van der Waals surface area contributed by atoms with Crippen LogP contribution in [0.15, 0.2) is 15.8 Å². The zero-order valence-corrected chi connectivity index (χ0v) is 12.0. The molecule has 0 amide bonds. The molecular weight excluding hydrogens is 327 g/mol. The highest BCUT2D eigenvalue weighted by Crippen LogP contribution is 2.31. The maximum absolute atomic E-state index is 13.3. The van der Waals surface area contributed by atoms with Crippen molar-refractivity contribution in [2.75, 3.05) is 12.9 Å². The van der Waals surface area contributed by atoms with E-state index < -0.39 is 58.3 Å². The Hall–Kier alpha value is -1.60. The number of rotatable bonds is 4. The first-order chi connectivity index (χ1) is 10.1. The molecule has 1 aliphatic heterocycles. The van der Waals surface area contributed by atoms with Crippen LogP contribution < -0.4 is 11.2 Å². The molecule has 0 spiro atoms. The van der Waals surface area contributed by atoms with E-state index in [4.69, 9.17) is 9.84 Å². The molecule has 0 aliphatic carbocycles. The van der Waals surface area contributed by atoms with Crippen LogP contribution in [0.4, 0.5) is 4.39 Å². The summed E-state index contributed by atoms with van der Waals surface area (Å²) in [4.78, 5) is 24.4. The van der Waals surface area contributed by atoms with Gasteiger partial charge in [-0.1, -0.05) is 0 Å². The summed E-state index contributed by atoms with van der Waals surface area (Å²) in [6.07, 6.45) is -4.79. The van der Waals surface area contributed by atoms with E-state index in [0.29, 0.717) is 17.0 Å². The van der Waals surface area contributed by atoms with Gasteiger partial charge >= 0.3 is 5.69 Å². The number of nitrogens with one attached hydrogen (secondary N) is 1. The second-order valence-electron chi connectivity index (χ2n) is 4.65. The molecule has 124 valence electrons. The molecule has 1 aromatic rings. The molecule has 10 nitrogen and oxygen atoms in total. The molecule has 12 heteroatoms. The summed E-state index contributed by atoms with van der Waals surface area (Å²) in [5.74, 6) is -1.32. The van der Waals surface area contributed by atoms with Crippen molar-refractivity contribution in [2.24, 2.45) is 0 Å². The van der Waals surface area contributed by atoms with Gasteiger partial charge in [-0.2, -0.15) is 12.8 Å². The molecule has 2 rings (SSSR count). The molecule has 0 saturated carbocycles. The van der Waals surface area contributed by atoms with E-state index >= 15 is 0 Å². The van der Waals surface area contributed by atoms with Crippen molar-refractivity contribution in [2.45, 2.75) is 24.5 Å². The normalized spacial score (nSPS) is 28.9. The van der Waals surface area contributed by atoms with Gasteiger partial charge in [0.25, 0.3) is 15.7 Å². The number of nitrogens with zero attached hydrogens (tertiary/aromatic N) is 1. The van der Waals surface area contributed by atoms with Crippen LogP contribution in [-0.2, 0) is 19.0 Å². The van der Waals surface area contributed by atoms with Gasteiger partial charge in [-0.05, 0) is 0 Å². The van der Waals surface area contributed by atoms with Crippen molar-refractivity contribution in [1.29, 1.82) is 0 Å². The minimum absolute atomic E-state index is 0.497. The third-order valence-electron chi connectivity index (χ3n) is 2.98. The summed E-state index contributed by atoms with van der Waals surface area (Å²) in [6.45, 7) is -0.693. The van der Waals surface area contributed by atoms with Crippen LogP contribution in [0.1, 0.15) is 6.23 Å².